The highest BCUT2D eigenvalue weighted by Gasteiger charge is 2.35. The van der Waals surface area contributed by atoms with E-state index in [0.29, 0.717) is 24.5 Å². The van der Waals surface area contributed by atoms with Crippen molar-refractivity contribution in [1.29, 1.82) is 0 Å². The third-order valence-electron chi connectivity index (χ3n) is 5.10. The number of nitrogens with one attached hydrogen (secondary N) is 2. The zero-order valence-electron chi connectivity index (χ0n) is 15.8. The van der Waals surface area contributed by atoms with Crippen molar-refractivity contribution >= 4 is 29.1 Å². The fourth-order valence-corrected chi connectivity index (χ4v) is 3.71. The summed E-state index contributed by atoms with van der Waals surface area (Å²) < 4.78 is 0. The van der Waals surface area contributed by atoms with Gasteiger partial charge in [-0.05, 0) is 50.3 Å². The molecule has 1 atom stereocenters. The zero-order chi connectivity index (χ0) is 19.2. The van der Waals surface area contributed by atoms with Gasteiger partial charge in [0.15, 0.2) is 0 Å². The van der Waals surface area contributed by atoms with Crippen molar-refractivity contribution in [2.24, 2.45) is 5.92 Å². The second-order valence-corrected chi connectivity index (χ2v) is 7.29. The van der Waals surface area contributed by atoms with Gasteiger partial charge in [-0.1, -0.05) is 17.7 Å². The maximum Gasteiger partial charge on any atom is 0.227 e. The number of hydrogen-bond acceptors (Lipinski definition) is 3. The lowest BCUT2D eigenvalue weighted by Gasteiger charge is -2.18. The molecule has 6 heteroatoms. The Bertz CT molecular complexity index is 757. The van der Waals surface area contributed by atoms with E-state index in [9.17, 15) is 14.4 Å². The maximum absolute atomic E-state index is 12.5. The molecule has 0 unspecified atom stereocenters. The molecule has 1 fully saturated rings. The lowest BCUT2D eigenvalue weighted by Crippen LogP contribution is -2.33. The summed E-state index contributed by atoms with van der Waals surface area (Å²) in [6.07, 6.45) is 8.19. The van der Waals surface area contributed by atoms with E-state index in [1.165, 1.54) is 25.3 Å². The normalized spacial score (nSPS) is 19.6. The average Bonchev–Trinajstić information content (AvgIpc) is 3.04. The van der Waals surface area contributed by atoms with Crippen molar-refractivity contribution in [3.8, 4) is 0 Å². The number of carbonyl (C=O) groups is 3. The lowest BCUT2D eigenvalue weighted by molar-refractivity contribution is -0.126. The first-order valence-corrected chi connectivity index (χ1v) is 9.66. The van der Waals surface area contributed by atoms with Gasteiger partial charge < -0.3 is 15.5 Å². The van der Waals surface area contributed by atoms with Crippen molar-refractivity contribution < 1.29 is 14.4 Å². The zero-order valence-corrected chi connectivity index (χ0v) is 15.8. The quantitative estimate of drug-likeness (QED) is 0.757. The van der Waals surface area contributed by atoms with Crippen LogP contribution in [0, 0.1) is 5.92 Å². The van der Waals surface area contributed by atoms with E-state index < -0.39 is 0 Å². The summed E-state index contributed by atoms with van der Waals surface area (Å²) in [6, 6.07) is 7.14. The van der Waals surface area contributed by atoms with E-state index in [2.05, 4.69) is 16.7 Å². The number of allylic oxidation sites excluding steroid dienone is 1. The van der Waals surface area contributed by atoms with E-state index in [0.717, 1.165) is 19.3 Å². The minimum absolute atomic E-state index is 0.0553. The van der Waals surface area contributed by atoms with Crippen LogP contribution in [-0.4, -0.2) is 30.8 Å². The van der Waals surface area contributed by atoms with E-state index in [4.69, 9.17) is 0 Å². The molecule has 144 valence electrons. The fraction of sp³-hybridized carbons (Fsp3) is 0.476. The highest BCUT2D eigenvalue weighted by atomic mass is 16.2. The smallest absolute Gasteiger partial charge is 0.227 e. The number of carbonyl (C=O) groups excluding carboxylic acids is 3. The van der Waals surface area contributed by atoms with Crippen LogP contribution in [0.3, 0.4) is 0 Å². The average molecular weight is 369 g/mol. The summed E-state index contributed by atoms with van der Waals surface area (Å²) in [5, 5.41) is 5.70. The van der Waals surface area contributed by atoms with Crippen molar-refractivity contribution in [2.75, 3.05) is 23.3 Å². The number of nitrogens with zero attached hydrogens (tertiary/aromatic N) is 1. The Balaban J connectivity index is 1.54. The molecule has 0 aromatic heterocycles. The highest BCUT2D eigenvalue weighted by molar-refractivity contribution is 6.01. The SMILES string of the molecule is CC(=O)Nc1cccc(N2C[C@@H](C(=O)NCCC3=CCCCC3)CC2=O)c1. The number of amides is 3. The molecule has 1 heterocycles. The van der Waals surface area contributed by atoms with Crippen LogP contribution in [0.5, 0.6) is 0 Å². The van der Waals surface area contributed by atoms with Gasteiger partial charge in [-0.15, -0.1) is 0 Å². The standard InChI is InChI=1S/C21H27N3O3/c1-15(25)23-18-8-5-9-19(13-18)24-14-17(12-20(24)26)21(27)22-11-10-16-6-3-2-4-7-16/h5-6,8-9,13,17H,2-4,7,10-12,14H2,1H3,(H,22,27)(H,23,25)/t17-/m0/s1. The molecule has 1 aliphatic heterocycles. The second kappa shape index (κ2) is 8.84. The maximum atomic E-state index is 12.5. The lowest BCUT2D eigenvalue weighted by atomic mass is 9.97. The third-order valence-corrected chi connectivity index (χ3v) is 5.10. The largest absolute Gasteiger partial charge is 0.355 e. The van der Waals surface area contributed by atoms with Gasteiger partial charge in [-0.25, -0.2) is 0 Å². The van der Waals surface area contributed by atoms with Crippen LogP contribution in [0.4, 0.5) is 11.4 Å². The molecule has 0 saturated carbocycles. The molecule has 0 radical (unpaired) electrons. The molecule has 1 saturated heterocycles. The summed E-state index contributed by atoms with van der Waals surface area (Å²) in [5.74, 6) is -0.613. The van der Waals surface area contributed by atoms with Crippen LogP contribution >= 0.6 is 0 Å². The first-order chi connectivity index (χ1) is 13.0. The Morgan fingerprint density at radius 3 is 2.85 bits per heavy atom. The summed E-state index contributed by atoms with van der Waals surface area (Å²) in [7, 11) is 0. The van der Waals surface area contributed by atoms with Crippen LogP contribution in [0.2, 0.25) is 0 Å². The van der Waals surface area contributed by atoms with E-state index in [1.54, 1.807) is 23.1 Å². The first-order valence-electron chi connectivity index (χ1n) is 9.66. The molecular formula is C21H27N3O3. The van der Waals surface area contributed by atoms with Gasteiger partial charge in [0.05, 0.1) is 5.92 Å². The number of benzene rings is 1. The summed E-state index contributed by atoms with van der Waals surface area (Å²) in [4.78, 5) is 37.7. The second-order valence-electron chi connectivity index (χ2n) is 7.29. The van der Waals surface area contributed by atoms with Crippen LogP contribution in [0.15, 0.2) is 35.9 Å². The van der Waals surface area contributed by atoms with E-state index in [1.807, 2.05) is 6.07 Å². The molecule has 3 amide bonds. The van der Waals surface area contributed by atoms with Gasteiger partial charge in [0.25, 0.3) is 0 Å². The molecule has 27 heavy (non-hydrogen) atoms. The number of hydrogen-bond donors (Lipinski definition) is 2. The Labute approximate surface area is 160 Å². The molecule has 0 bridgehead atoms. The minimum atomic E-state index is -0.331. The van der Waals surface area contributed by atoms with Gasteiger partial charge in [0.1, 0.15) is 0 Å². The first kappa shape index (κ1) is 19.1. The van der Waals surface area contributed by atoms with E-state index >= 15 is 0 Å². The Morgan fingerprint density at radius 1 is 1.26 bits per heavy atom. The van der Waals surface area contributed by atoms with Gasteiger partial charge >= 0.3 is 0 Å². The van der Waals surface area contributed by atoms with Crippen LogP contribution in [-0.2, 0) is 14.4 Å². The van der Waals surface area contributed by atoms with Crippen LogP contribution < -0.4 is 15.5 Å². The minimum Gasteiger partial charge on any atom is -0.355 e. The molecular weight excluding hydrogens is 342 g/mol. The third kappa shape index (κ3) is 5.18. The molecule has 2 aliphatic rings. The van der Waals surface area contributed by atoms with Crippen molar-refractivity contribution in [2.45, 2.75) is 45.4 Å². The monoisotopic (exact) mass is 369 g/mol. The van der Waals surface area contributed by atoms with E-state index in [-0.39, 0.29) is 30.1 Å². The van der Waals surface area contributed by atoms with Gasteiger partial charge in [-0.3, -0.25) is 14.4 Å². The molecule has 2 N–H and O–H groups in total. The highest BCUT2D eigenvalue weighted by Crippen LogP contribution is 2.27. The molecule has 1 aliphatic carbocycles. The summed E-state index contributed by atoms with van der Waals surface area (Å²) in [5.41, 5.74) is 2.77. The molecule has 3 rings (SSSR count). The van der Waals surface area contributed by atoms with Gasteiger partial charge in [-0.2, -0.15) is 0 Å². The summed E-state index contributed by atoms with van der Waals surface area (Å²) >= 11 is 0. The fourth-order valence-electron chi connectivity index (χ4n) is 3.71. The summed E-state index contributed by atoms with van der Waals surface area (Å²) in [6.45, 7) is 2.45. The van der Waals surface area contributed by atoms with Crippen molar-refractivity contribution in [3.05, 3.63) is 35.9 Å². The molecule has 1 aromatic carbocycles. The van der Waals surface area contributed by atoms with Gasteiger partial charge in [0.2, 0.25) is 17.7 Å². The molecule has 6 nitrogen and oxygen atoms in total. The Hall–Kier alpha value is -2.63. The predicted molar refractivity (Wildman–Crippen MR) is 105 cm³/mol. The molecule has 0 spiro atoms. The van der Waals surface area contributed by atoms with Crippen molar-refractivity contribution in [1.82, 2.24) is 5.32 Å². The van der Waals surface area contributed by atoms with Crippen LogP contribution in [0.25, 0.3) is 0 Å². The van der Waals surface area contributed by atoms with Crippen LogP contribution in [0.1, 0.15) is 45.4 Å². The topological polar surface area (TPSA) is 78.5 Å². The predicted octanol–water partition coefficient (Wildman–Crippen LogP) is 3.00. The van der Waals surface area contributed by atoms with Crippen molar-refractivity contribution in [3.63, 3.8) is 0 Å². The Kier molecular flexibility index (Phi) is 6.27. The molecule has 1 aromatic rings. The Morgan fingerprint density at radius 2 is 2.11 bits per heavy atom. The number of anilines is 2. The van der Waals surface area contributed by atoms with Gasteiger partial charge in [0, 0.05) is 37.8 Å². The number of rotatable bonds is 6.